The molecule has 1 N–H and O–H groups in total. The summed E-state index contributed by atoms with van der Waals surface area (Å²) < 4.78 is 5.76. The van der Waals surface area contributed by atoms with Gasteiger partial charge in [-0.15, -0.1) is 0 Å². The fourth-order valence-electron chi connectivity index (χ4n) is 1.44. The standard InChI is InChI=1S/C14H19N3OS/c1-14(2,3)17-9-11-5-6-12(18-11)10-19-13-15-7-4-8-16-13/h4-8,17H,9-10H2,1-3H3. The molecular formula is C14H19N3OS. The predicted molar refractivity (Wildman–Crippen MR) is 76.9 cm³/mol. The highest BCUT2D eigenvalue weighted by Gasteiger charge is 2.10. The molecule has 0 fully saturated rings. The normalized spacial score (nSPS) is 11.7. The van der Waals surface area contributed by atoms with Gasteiger partial charge in [-0.25, -0.2) is 9.97 Å². The van der Waals surface area contributed by atoms with Crippen molar-refractivity contribution >= 4 is 11.8 Å². The van der Waals surface area contributed by atoms with Crippen LogP contribution in [-0.2, 0) is 12.3 Å². The highest BCUT2D eigenvalue weighted by Crippen LogP contribution is 2.20. The van der Waals surface area contributed by atoms with Crippen molar-refractivity contribution in [1.82, 2.24) is 15.3 Å². The Labute approximate surface area is 118 Å². The average molecular weight is 277 g/mol. The molecule has 102 valence electrons. The molecule has 0 saturated carbocycles. The van der Waals surface area contributed by atoms with Crippen LogP contribution in [0.2, 0.25) is 0 Å². The van der Waals surface area contributed by atoms with Crippen molar-refractivity contribution in [1.29, 1.82) is 0 Å². The molecule has 0 aliphatic carbocycles. The van der Waals surface area contributed by atoms with Gasteiger partial charge in [0.1, 0.15) is 11.5 Å². The van der Waals surface area contributed by atoms with E-state index in [-0.39, 0.29) is 5.54 Å². The van der Waals surface area contributed by atoms with Crippen LogP contribution < -0.4 is 5.32 Å². The summed E-state index contributed by atoms with van der Waals surface area (Å²) in [4.78, 5) is 8.33. The molecule has 0 spiro atoms. The molecule has 2 aromatic heterocycles. The first-order valence-corrected chi connectivity index (χ1v) is 7.24. The Hall–Kier alpha value is -1.33. The molecule has 0 saturated heterocycles. The Morgan fingerprint density at radius 1 is 1.16 bits per heavy atom. The maximum Gasteiger partial charge on any atom is 0.187 e. The summed E-state index contributed by atoms with van der Waals surface area (Å²) in [5, 5.41) is 4.17. The van der Waals surface area contributed by atoms with Gasteiger partial charge < -0.3 is 9.73 Å². The summed E-state index contributed by atoms with van der Waals surface area (Å²) in [5.74, 6) is 2.65. The highest BCUT2D eigenvalue weighted by molar-refractivity contribution is 7.98. The number of rotatable bonds is 5. The zero-order valence-electron chi connectivity index (χ0n) is 11.5. The molecule has 0 aromatic carbocycles. The Balaban J connectivity index is 1.84. The third kappa shape index (κ3) is 5.04. The molecule has 0 unspecified atom stereocenters. The van der Waals surface area contributed by atoms with Crippen molar-refractivity contribution in [3.05, 3.63) is 42.1 Å². The number of nitrogens with one attached hydrogen (secondary N) is 1. The van der Waals surface area contributed by atoms with Gasteiger partial charge in [0.15, 0.2) is 5.16 Å². The summed E-state index contributed by atoms with van der Waals surface area (Å²) in [6, 6.07) is 5.84. The largest absolute Gasteiger partial charge is 0.464 e. The number of thioether (sulfide) groups is 1. The van der Waals surface area contributed by atoms with Crippen LogP contribution in [0.5, 0.6) is 0 Å². The fraction of sp³-hybridized carbons (Fsp3) is 0.429. The number of furan rings is 1. The van der Waals surface area contributed by atoms with E-state index >= 15 is 0 Å². The molecule has 2 aromatic rings. The lowest BCUT2D eigenvalue weighted by Crippen LogP contribution is -2.34. The van der Waals surface area contributed by atoms with E-state index in [1.54, 1.807) is 24.2 Å². The second-order valence-corrected chi connectivity index (χ2v) is 6.23. The quantitative estimate of drug-likeness (QED) is 0.671. The lowest BCUT2D eigenvalue weighted by Gasteiger charge is -2.19. The first-order chi connectivity index (χ1) is 9.03. The molecule has 0 atom stereocenters. The molecule has 0 bridgehead atoms. The van der Waals surface area contributed by atoms with Gasteiger partial charge in [-0.05, 0) is 39.0 Å². The van der Waals surface area contributed by atoms with E-state index in [4.69, 9.17) is 4.42 Å². The molecule has 0 aliphatic heterocycles. The third-order valence-electron chi connectivity index (χ3n) is 2.40. The van der Waals surface area contributed by atoms with Crippen molar-refractivity contribution in [3.63, 3.8) is 0 Å². The van der Waals surface area contributed by atoms with Crippen LogP contribution in [0.3, 0.4) is 0 Å². The van der Waals surface area contributed by atoms with Gasteiger partial charge in [-0.2, -0.15) is 0 Å². The molecule has 4 nitrogen and oxygen atoms in total. The van der Waals surface area contributed by atoms with Crippen molar-refractivity contribution in [2.75, 3.05) is 0 Å². The van der Waals surface area contributed by atoms with Gasteiger partial charge >= 0.3 is 0 Å². The van der Waals surface area contributed by atoms with Gasteiger partial charge in [-0.3, -0.25) is 0 Å². The number of aromatic nitrogens is 2. The van der Waals surface area contributed by atoms with Gasteiger partial charge in [0.05, 0.1) is 12.3 Å². The topological polar surface area (TPSA) is 51.0 Å². The number of nitrogens with zero attached hydrogens (tertiary/aromatic N) is 2. The van der Waals surface area contributed by atoms with E-state index in [2.05, 4.69) is 36.1 Å². The monoisotopic (exact) mass is 277 g/mol. The smallest absolute Gasteiger partial charge is 0.187 e. The van der Waals surface area contributed by atoms with Crippen molar-refractivity contribution in [2.24, 2.45) is 0 Å². The van der Waals surface area contributed by atoms with Gasteiger partial charge in [0.2, 0.25) is 0 Å². The first kappa shape index (κ1) is 14.1. The lowest BCUT2D eigenvalue weighted by atomic mass is 10.1. The molecule has 2 heterocycles. The van der Waals surface area contributed by atoms with Gasteiger partial charge in [0, 0.05) is 17.9 Å². The van der Waals surface area contributed by atoms with Crippen LogP contribution >= 0.6 is 11.8 Å². The Morgan fingerprint density at radius 2 is 1.84 bits per heavy atom. The van der Waals surface area contributed by atoms with E-state index in [0.29, 0.717) is 0 Å². The van der Waals surface area contributed by atoms with E-state index in [1.807, 2.05) is 18.2 Å². The Bertz CT molecular complexity index is 505. The average Bonchev–Trinajstić information content (AvgIpc) is 2.82. The lowest BCUT2D eigenvalue weighted by molar-refractivity contribution is 0.382. The van der Waals surface area contributed by atoms with Crippen LogP contribution in [0.4, 0.5) is 0 Å². The Kier molecular flexibility index (Phi) is 4.61. The summed E-state index contributed by atoms with van der Waals surface area (Å²) >= 11 is 1.57. The minimum Gasteiger partial charge on any atom is -0.464 e. The van der Waals surface area contributed by atoms with Gasteiger partial charge in [-0.1, -0.05) is 11.8 Å². The van der Waals surface area contributed by atoms with Crippen LogP contribution in [0.1, 0.15) is 32.3 Å². The zero-order valence-corrected chi connectivity index (χ0v) is 12.3. The molecule has 0 radical (unpaired) electrons. The second-order valence-electron chi connectivity index (χ2n) is 5.29. The van der Waals surface area contributed by atoms with Crippen molar-refractivity contribution in [2.45, 2.75) is 43.8 Å². The summed E-state index contributed by atoms with van der Waals surface area (Å²) in [6.07, 6.45) is 3.49. The van der Waals surface area contributed by atoms with Crippen molar-refractivity contribution in [3.8, 4) is 0 Å². The minimum atomic E-state index is 0.0968. The molecule has 0 aliphatic rings. The minimum absolute atomic E-state index is 0.0968. The van der Waals surface area contributed by atoms with Crippen LogP contribution in [0, 0.1) is 0 Å². The summed E-state index contributed by atoms with van der Waals surface area (Å²) in [7, 11) is 0. The molecule has 0 amide bonds. The maximum absolute atomic E-state index is 5.76. The van der Waals surface area contributed by atoms with Crippen LogP contribution in [0.25, 0.3) is 0 Å². The van der Waals surface area contributed by atoms with Crippen molar-refractivity contribution < 1.29 is 4.42 Å². The molecule has 19 heavy (non-hydrogen) atoms. The molecular weight excluding hydrogens is 258 g/mol. The Morgan fingerprint density at radius 3 is 2.53 bits per heavy atom. The van der Waals surface area contributed by atoms with E-state index < -0.39 is 0 Å². The van der Waals surface area contributed by atoms with Gasteiger partial charge in [0.25, 0.3) is 0 Å². The predicted octanol–water partition coefficient (Wildman–Crippen LogP) is 3.25. The summed E-state index contributed by atoms with van der Waals surface area (Å²) in [5.41, 5.74) is 0.0968. The zero-order chi connectivity index (χ0) is 13.7. The first-order valence-electron chi connectivity index (χ1n) is 6.25. The van der Waals surface area contributed by atoms with E-state index in [0.717, 1.165) is 29.0 Å². The van der Waals surface area contributed by atoms with E-state index in [9.17, 15) is 0 Å². The molecule has 2 rings (SSSR count). The fourth-order valence-corrected chi connectivity index (χ4v) is 2.14. The SMILES string of the molecule is CC(C)(C)NCc1ccc(CSc2ncccn2)o1. The maximum atomic E-state index is 5.76. The summed E-state index contributed by atoms with van der Waals surface area (Å²) in [6.45, 7) is 7.16. The van der Waals surface area contributed by atoms with Crippen LogP contribution in [-0.4, -0.2) is 15.5 Å². The van der Waals surface area contributed by atoms with E-state index in [1.165, 1.54) is 0 Å². The second kappa shape index (κ2) is 6.21. The highest BCUT2D eigenvalue weighted by atomic mass is 32.2. The number of hydrogen-bond donors (Lipinski definition) is 1. The van der Waals surface area contributed by atoms with Crippen LogP contribution in [0.15, 0.2) is 40.2 Å². The third-order valence-corrected chi connectivity index (χ3v) is 3.29. The number of hydrogen-bond acceptors (Lipinski definition) is 5. The molecule has 5 heteroatoms.